The van der Waals surface area contributed by atoms with E-state index in [1.807, 2.05) is 0 Å². The minimum absolute atomic E-state index is 0.0542. The fourth-order valence-corrected chi connectivity index (χ4v) is 3.66. The number of carbonyl (C=O) groups is 1. The molecule has 0 aromatic heterocycles. The fourth-order valence-electron chi connectivity index (χ4n) is 1.21. The molecule has 0 aliphatic rings. The molecule has 20 heavy (non-hydrogen) atoms. The molecule has 0 fully saturated rings. The second-order valence-electron chi connectivity index (χ2n) is 3.98. The minimum atomic E-state index is -1.08. The second kappa shape index (κ2) is 8.17. The highest BCUT2D eigenvalue weighted by Crippen LogP contribution is 2.37. The first kappa shape index (κ1) is 17.7. The van der Waals surface area contributed by atoms with E-state index in [4.69, 9.17) is 9.47 Å². The quantitative estimate of drug-likeness (QED) is 0.383. The van der Waals surface area contributed by atoms with Gasteiger partial charge in [0.1, 0.15) is 0 Å². The van der Waals surface area contributed by atoms with Crippen molar-refractivity contribution in [3.8, 4) is 5.75 Å². The topological polar surface area (TPSA) is 55.8 Å². The molecular weight excluding hydrogens is 460 g/mol. The largest absolute Gasteiger partial charge is 0.463 e. The number of hydrogen-bond acceptors (Lipinski definition) is 4. The van der Waals surface area contributed by atoms with Crippen LogP contribution in [0.1, 0.15) is 13.3 Å². The number of benzene rings is 1. The van der Waals surface area contributed by atoms with Gasteiger partial charge in [0.2, 0.25) is 6.29 Å². The number of esters is 1. The molecule has 0 spiro atoms. The number of carbonyl (C=O) groups excluding carboxylic acids is 1. The molecule has 7 heteroatoms. The zero-order valence-electron chi connectivity index (χ0n) is 10.7. The first-order valence-electron chi connectivity index (χ1n) is 5.63. The lowest BCUT2D eigenvalue weighted by molar-refractivity contribution is -0.140. The van der Waals surface area contributed by atoms with E-state index in [0.29, 0.717) is 20.3 Å². The van der Waals surface area contributed by atoms with Crippen molar-refractivity contribution in [1.29, 1.82) is 0 Å². The number of halogens is 3. The molecule has 0 aliphatic carbocycles. The van der Waals surface area contributed by atoms with Gasteiger partial charge < -0.3 is 14.6 Å². The van der Waals surface area contributed by atoms with Crippen molar-refractivity contribution in [2.24, 2.45) is 0 Å². The maximum Gasteiger partial charge on any atom is 0.333 e. The van der Waals surface area contributed by atoms with Crippen LogP contribution in [-0.2, 0) is 9.53 Å². The Morgan fingerprint density at radius 1 is 1.35 bits per heavy atom. The average molecular weight is 473 g/mol. The first-order chi connectivity index (χ1) is 9.31. The van der Waals surface area contributed by atoms with E-state index in [1.54, 1.807) is 19.1 Å². The summed E-state index contributed by atoms with van der Waals surface area (Å²) in [6, 6.07) is 3.60. The third-order valence-corrected chi connectivity index (χ3v) is 3.80. The molecule has 4 nitrogen and oxygen atoms in total. The van der Waals surface area contributed by atoms with E-state index in [9.17, 15) is 9.90 Å². The maximum absolute atomic E-state index is 11.2. The van der Waals surface area contributed by atoms with Crippen LogP contribution in [0.15, 0.2) is 37.7 Å². The van der Waals surface area contributed by atoms with Crippen molar-refractivity contribution in [2.45, 2.75) is 19.6 Å². The molecule has 1 rings (SSSR count). The van der Waals surface area contributed by atoms with E-state index >= 15 is 0 Å². The smallest absolute Gasteiger partial charge is 0.333 e. The summed E-state index contributed by atoms with van der Waals surface area (Å²) in [7, 11) is 0. The number of ether oxygens (including phenoxy) is 2. The van der Waals surface area contributed by atoms with Crippen LogP contribution in [0.5, 0.6) is 5.75 Å². The Morgan fingerprint density at radius 2 is 1.90 bits per heavy atom. The van der Waals surface area contributed by atoms with E-state index in [2.05, 4.69) is 54.4 Å². The number of aliphatic hydroxyl groups excluding tert-OH is 1. The Morgan fingerprint density at radius 3 is 2.40 bits per heavy atom. The standard InChI is InChI=1S/C13H13Br3O4/c1-7(2)13(18)19-4-3-11(17)20-12-9(15)5-8(14)6-10(12)16/h5-6,11,17H,1,3-4H2,2H3. The summed E-state index contributed by atoms with van der Waals surface area (Å²) >= 11 is 10.0. The molecule has 1 N–H and O–H groups in total. The molecule has 0 bridgehead atoms. The summed E-state index contributed by atoms with van der Waals surface area (Å²) in [5.74, 6) is -0.00451. The van der Waals surface area contributed by atoms with Crippen molar-refractivity contribution in [3.63, 3.8) is 0 Å². The van der Waals surface area contributed by atoms with Crippen LogP contribution in [0.4, 0.5) is 0 Å². The minimum Gasteiger partial charge on any atom is -0.463 e. The number of aliphatic hydroxyl groups is 1. The van der Waals surface area contributed by atoms with Gasteiger partial charge in [-0.05, 0) is 50.9 Å². The molecule has 110 valence electrons. The van der Waals surface area contributed by atoms with Crippen LogP contribution in [-0.4, -0.2) is 24.0 Å². The van der Waals surface area contributed by atoms with E-state index in [0.717, 1.165) is 4.47 Å². The maximum atomic E-state index is 11.2. The molecule has 0 aliphatic heterocycles. The predicted molar refractivity (Wildman–Crippen MR) is 86.6 cm³/mol. The highest BCUT2D eigenvalue weighted by Gasteiger charge is 2.14. The van der Waals surface area contributed by atoms with Gasteiger partial charge in [0.25, 0.3) is 0 Å². The van der Waals surface area contributed by atoms with Gasteiger partial charge >= 0.3 is 5.97 Å². The highest BCUT2D eigenvalue weighted by molar-refractivity contribution is 9.11. The number of rotatable bonds is 6. The monoisotopic (exact) mass is 470 g/mol. The van der Waals surface area contributed by atoms with E-state index in [-0.39, 0.29) is 13.0 Å². The van der Waals surface area contributed by atoms with Crippen molar-refractivity contribution in [1.82, 2.24) is 0 Å². The van der Waals surface area contributed by atoms with Crippen LogP contribution < -0.4 is 4.74 Å². The van der Waals surface area contributed by atoms with Gasteiger partial charge in [-0.3, -0.25) is 0 Å². The zero-order valence-corrected chi connectivity index (χ0v) is 15.4. The SMILES string of the molecule is C=C(C)C(=O)OCCC(O)Oc1c(Br)cc(Br)cc1Br. The Bertz CT molecular complexity index is 493. The van der Waals surface area contributed by atoms with Gasteiger partial charge in [0.05, 0.1) is 15.6 Å². The fraction of sp³-hybridized carbons (Fsp3) is 0.308. The van der Waals surface area contributed by atoms with Gasteiger partial charge in [-0.1, -0.05) is 22.5 Å². The summed E-state index contributed by atoms with van der Waals surface area (Å²) in [5.41, 5.74) is 0.318. The third kappa shape index (κ3) is 5.55. The summed E-state index contributed by atoms with van der Waals surface area (Å²) in [6.45, 7) is 5.08. The summed E-state index contributed by atoms with van der Waals surface area (Å²) in [4.78, 5) is 11.2. The van der Waals surface area contributed by atoms with E-state index in [1.165, 1.54) is 0 Å². The second-order valence-corrected chi connectivity index (χ2v) is 6.60. The predicted octanol–water partition coefficient (Wildman–Crippen LogP) is 4.18. The Labute approximate surface area is 142 Å². The van der Waals surface area contributed by atoms with Crippen LogP contribution in [0, 0.1) is 0 Å². The normalized spacial score (nSPS) is 11.8. The summed E-state index contributed by atoms with van der Waals surface area (Å²) in [5, 5.41) is 9.78. The number of hydrogen-bond donors (Lipinski definition) is 1. The Balaban J connectivity index is 2.53. The van der Waals surface area contributed by atoms with Crippen molar-refractivity contribution < 1.29 is 19.4 Å². The third-order valence-electron chi connectivity index (χ3n) is 2.16. The van der Waals surface area contributed by atoms with Gasteiger partial charge in [0, 0.05) is 16.5 Å². The van der Waals surface area contributed by atoms with Crippen molar-refractivity contribution in [3.05, 3.63) is 37.7 Å². The van der Waals surface area contributed by atoms with Crippen LogP contribution >= 0.6 is 47.8 Å². The molecule has 0 heterocycles. The van der Waals surface area contributed by atoms with Gasteiger partial charge in [-0.15, -0.1) is 0 Å². The lowest BCUT2D eigenvalue weighted by atomic mass is 10.3. The average Bonchev–Trinajstić information content (AvgIpc) is 2.33. The molecule has 1 atom stereocenters. The Hall–Kier alpha value is -0.370. The van der Waals surface area contributed by atoms with Gasteiger partial charge in [-0.25, -0.2) is 4.79 Å². The van der Waals surface area contributed by atoms with Gasteiger partial charge in [-0.2, -0.15) is 0 Å². The Kier molecular flexibility index (Phi) is 7.22. The molecule has 1 unspecified atom stereocenters. The molecule has 1 aromatic rings. The van der Waals surface area contributed by atoms with Crippen LogP contribution in [0.2, 0.25) is 0 Å². The molecular formula is C13H13Br3O4. The van der Waals surface area contributed by atoms with Crippen LogP contribution in [0.25, 0.3) is 0 Å². The first-order valence-corrected chi connectivity index (χ1v) is 8.01. The zero-order chi connectivity index (χ0) is 15.3. The van der Waals surface area contributed by atoms with Crippen molar-refractivity contribution in [2.75, 3.05) is 6.61 Å². The molecule has 0 radical (unpaired) electrons. The lowest BCUT2D eigenvalue weighted by Gasteiger charge is -2.16. The molecule has 1 aromatic carbocycles. The van der Waals surface area contributed by atoms with E-state index < -0.39 is 12.3 Å². The molecule has 0 amide bonds. The molecule has 0 saturated heterocycles. The molecule has 0 saturated carbocycles. The summed E-state index contributed by atoms with van der Waals surface area (Å²) < 4.78 is 12.5. The van der Waals surface area contributed by atoms with Gasteiger partial charge in [0.15, 0.2) is 5.75 Å². The lowest BCUT2D eigenvalue weighted by Crippen LogP contribution is -2.20. The summed E-state index contributed by atoms with van der Waals surface area (Å²) in [6.07, 6.45) is -0.921. The van der Waals surface area contributed by atoms with Crippen LogP contribution in [0.3, 0.4) is 0 Å². The highest BCUT2D eigenvalue weighted by atomic mass is 79.9. The van der Waals surface area contributed by atoms with Crippen molar-refractivity contribution >= 4 is 53.8 Å².